The van der Waals surface area contributed by atoms with Gasteiger partial charge in [-0.1, -0.05) is 6.92 Å². The van der Waals surface area contributed by atoms with Crippen LogP contribution in [0.2, 0.25) is 0 Å². The minimum absolute atomic E-state index is 0.150. The summed E-state index contributed by atoms with van der Waals surface area (Å²) in [5.41, 5.74) is 10.9. The van der Waals surface area contributed by atoms with Crippen LogP contribution in [-0.2, 0) is 0 Å². The number of aliphatic imine (C=N–C) groups is 1. The van der Waals surface area contributed by atoms with Crippen molar-refractivity contribution in [2.75, 3.05) is 6.54 Å². The van der Waals surface area contributed by atoms with Crippen molar-refractivity contribution in [3.63, 3.8) is 0 Å². The maximum atomic E-state index is 9.45. The molecular weight excluding hydrogens is 154 g/mol. The molecule has 0 radical (unpaired) electrons. The number of aliphatic hydroxyl groups is 1. The first-order chi connectivity index (χ1) is 5.66. The van der Waals surface area contributed by atoms with Crippen molar-refractivity contribution < 1.29 is 5.11 Å². The van der Waals surface area contributed by atoms with Crippen molar-refractivity contribution >= 4 is 5.84 Å². The van der Waals surface area contributed by atoms with Gasteiger partial charge < -0.3 is 16.6 Å². The maximum absolute atomic E-state index is 9.45. The summed E-state index contributed by atoms with van der Waals surface area (Å²) < 4.78 is 0. The van der Waals surface area contributed by atoms with Crippen molar-refractivity contribution in [2.45, 2.75) is 31.9 Å². The number of rotatable bonds is 3. The third-order valence-electron chi connectivity index (χ3n) is 2.43. The Morgan fingerprint density at radius 3 is 2.67 bits per heavy atom. The van der Waals surface area contributed by atoms with E-state index in [4.69, 9.17) is 11.5 Å². The highest BCUT2D eigenvalue weighted by Crippen LogP contribution is 2.23. The van der Waals surface area contributed by atoms with Gasteiger partial charge in [0.15, 0.2) is 0 Å². The van der Waals surface area contributed by atoms with Gasteiger partial charge in [0.1, 0.15) is 11.9 Å². The predicted octanol–water partition coefficient (Wildman–Crippen LogP) is -0.538. The summed E-state index contributed by atoms with van der Waals surface area (Å²) >= 11 is 0. The first-order valence-electron chi connectivity index (χ1n) is 4.38. The average Bonchev–Trinajstić information content (AvgIpc) is 2.30. The lowest BCUT2D eigenvalue weighted by Crippen LogP contribution is -2.30. The van der Waals surface area contributed by atoms with E-state index >= 15 is 0 Å². The fraction of sp³-hybridized carbons (Fsp3) is 0.875. The second kappa shape index (κ2) is 3.87. The Hall–Kier alpha value is -0.610. The van der Waals surface area contributed by atoms with E-state index in [0.717, 1.165) is 12.8 Å². The molecule has 1 rings (SSSR count). The molecule has 0 aromatic carbocycles. The molecule has 0 bridgehead atoms. The van der Waals surface area contributed by atoms with Gasteiger partial charge in [-0.2, -0.15) is 0 Å². The van der Waals surface area contributed by atoms with Crippen LogP contribution >= 0.6 is 0 Å². The minimum atomic E-state index is -0.548. The zero-order valence-corrected chi connectivity index (χ0v) is 7.40. The van der Waals surface area contributed by atoms with Gasteiger partial charge in [0, 0.05) is 5.92 Å². The number of hydrogen-bond donors (Lipinski definition) is 3. The van der Waals surface area contributed by atoms with Gasteiger partial charge in [-0.25, -0.2) is 0 Å². The van der Waals surface area contributed by atoms with Crippen molar-refractivity contribution in [2.24, 2.45) is 22.4 Å². The minimum Gasteiger partial charge on any atom is -0.385 e. The monoisotopic (exact) mass is 171 g/mol. The normalized spacial score (nSPS) is 35.2. The van der Waals surface area contributed by atoms with Crippen LogP contribution in [0.1, 0.15) is 19.8 Å². The maximum Gasteiger partial charge on any atom is 0.123 e. The van der Waals surface area contributed by atoms with E-state index in [1.54, 1.807) is 0 Å². The Morgan fingerprint density at radius 2 is 2.25 bits per heavy atom. The summed E-state index contributed by atoms with van der Waals surface area (Å²) in [6.07, 6.45) is 1.32. The third-order valence-corrected chi connectivity index (χ3v) is 2.43. The van der Waals surface area contributed by atoms with Gasteiger partial charge >= 0.3 is 0 Å². The van der Waals surface area contributed by atoms with E-state index in [1.165, 1.54) is 0 Å². The first kappa shape index (κ1) is 9.48. The number of amidine groups is 1. The smallest absolute Gasteiger partial charge is 0.123 e. The van der Waals surface area contributed by atoms with E-state index < -0.39 is 6.10 Å². The Kier molecular flexibility index (Phi) is 3.05. The van der Waals surface area contributed by atoms with Gasteiger partial charge in [0.2, 0.25) is 0 Å². The van der Waals surface area contributed by atoms with Crippen molar-refractivity contribution in [3.8, 4) is 0 Å². The molecule has 0 aromatic heterocycles. The lowest BCUT2D eigenvalue weighted by atomic mass is 9.96. The predicted molar refractivity (Wildman–Crippen MR) is 48.9 cm³/mol. The quantitative estimate of drug-likeness (QED) is 0.533. The summed E-state index contributed by atoms with van der Waals surface area (Å²) in [4.78, 5) is 4.18. The number of hydrogen-bond acceptors (Lipinski definition) is 4. The first-order valence-corrected chi connectivity index (χ1v) is 4.38. The fourth-order valence-corrected chi connectivity index (χ4v) is 1.52. The highest BCUT2D eigenvalue weighted by molar-refractivity contribution is 5.86. The lowest BCUT2D eigenvalue weighted by Gasteiger charge is -2.14. The summed E-state index contributed by atoms with van der Waals surface area (Å²) in [6, 6.07) is 0.170. The molecule has 3 atom stereocenters. The molecule has 3 unspecified atom stereocenters. The lowest BCUT2D eigenvalue weighted by molar-refractivity contribution is 0.176. The Balaban J connectivity index is 2.46. The van der Waals surface area contributed by atoms with Gasteiger partial charge in [0.05, 0.1) is 6.04 Å². The molecule has 0 saturated carbocycles. The van der Waals surface area contributed by atoms with Crippen LogP contribution in [0.15, 0.2) is 4.99 Å². The molecular formula is C8H17N3O. The number of nitrogens with zero attached hydrogens (tertiary/aromatic N) is 1. The molecule has 0 saturated heterocycles. The molecule has 0 fully saturated rings. The van der Waals surface area contributed by atoms with Crippen LogP contribution in [-0.4, -0.2) is 29.6 Å². The van der Waals surface area contributed by atoms with E-state index in [2.05, 4.69) is 4.99 Å². The van der Waals surface area contributed by atoms with Gasteiger partial charge in [-0.3, -0.25) is 4.99 Å². The molecule has 5 N–H and O–H groups in total. The van der Waals surface area contributed by atoms with Crippen LogP contribution in [0.3, 0.4) is 0 Å². The SMILES string of the molecule is CC1C(CCCN)N=C(N)C1O. The van der Waals surface area contributed by atoms with Crippen LogP contribution in [0.5, 0.6) is 0 Å². The highest BCUT2D eigenvalue weighted by atomic mass is 16.3. The molecule has 4 nitrogen and oxygen atoms in total. The summed E-state index contributed by atoms with van der Waals surface area (Å²) in [6.45, 7) is 2.64. The summed E-state index contributed by atoms with van der Waals surface area (Å²) in [5.74, 6) is 0.529. The van der Waals surface area contributed by atoms with Gasteiger partial charge in [-0.05, 0) is 19.4 Å². The van der Waals surface area contributed by atoms with Crippen LogP contribution < -0.4 is 11.5 Å². The third kappa shape index (κ3) is 1.76. The van der Waals surface area contributed by atoms with Crippen molar-refractivity contribution in [1.29, 1.82) is 0 Å². The molecule has 70 valence electrons. The molecule has 12 heavy (non-hydrogen) atoms. The highest BCUT2D eigenvalue weighted by Gasteiger charge is 2.32. The zero-order chi connectivity index (χ0) is 9.14. The number of nitrogens with two attached hydrogens (primary N) is 2. The van der Waals surface area contributed by atoms with Crippen molar-refractivity contribution in [1.82, 2.24) is 0 Å². The van der Waals surface area contributed by atoms with E-state index in [9.17, 15) is 5.11 Å². The van der Waals surface area contributed by atoms with E-state index in [1.807, 2.05) is 6.92 Å². The largest absolute Gasteiger partial charge is 0.385 e. The van der Waals surface area contributed by atoms with Crippen LogP contribution in [0.25, 0.3) is 0 Å². The Labute approximate surface area is 72.7 Å². The average molecular weight is 171 g/mol. The molecule has 4 heteroatoms. The van der Waals surface area contributed by atoms with E-state index in [-0.39, 0.29) is 12.0 Å². The topological polar surface area (TPSA) is 84.6 Å². The standard InChI is InChI=1S/C8H17N3O/c1-5-6(3-2-4-9)11-8(10)7(5)12/h5-7,12H,2-4,9H2,1H3,(H2,10,11). The van der Waals surface area contributed by atoms with Gasteiger partial charge in [-0.15, -0.1) is 0 Å². The summed E-state index contributed by atoms with van der Waals surface area (Å²) in [5, 5.41) is 9.45. The molecule has 1 aliphatic heterocycles. The molecule has 1 aliphatic rings. The zero-order valence-electron chi connectivity index (χ0n) is 7.40. The number of aliphatic hydroxyl groups excluding tert-OH is 1. The molecule has 0 aromatic rings. The summed E-state index contributed by atoms with van der Waals surface area (Å²) in [7, 11) is 0. The second-order valence-electron chi connectivity index (χ2n) is 3.36. The van der Waals surface area contributed by atoms with Gasteiger partial charge in [0.25, 0.3) is 0 Å². The second-order valence-corrected chi connectivity index (χ2v) is 3.36. The van der Waals surface area contributed by atoms with E-state index in [0.29, 0.717) is 12.4 Å². The molecule has 0 amide bonds. The Morgan fingerprint density at radius 1 is 1.58 bits per heavy atom. The van der Waals surface area contributed by atoms with Crippen molar-refractivity contribution in [3.05, 3.63) is 0 Å². The Bertz CT molecular complexity index is 181. The van der Waals surface area contributed by atoms with Crippen LogP contribution in [0, 0.1) is 5.92 Å². The molecule has 1 heterocycles. The molecule has 0 aliphatic carbocycles. The van der Waals surface area contributed by atoms with Crippen LogP contribution in [0.4, 0.5) is 0 Å². The molecule has 0 spiro atoms. The fourth-order valence-electron chi connectivity index (χ4n) is 1.52.